The molecule has 0 unspecified atom stereocenters. The first-order valence-electron chi connectivity index (χ1n) is 4.62. The minimum Gasteiger partial charge on any atom is -0.465 e. The van der Waals surface area contributed by atoms with Crippen LogP contribution < -0.4 is 16.2 Å². The van der Waals surface area contributed by atoms with Crippen molar-refractivity contribution in [1.29, 1.82) is 0 Å². The van der Waals surface area contributed by atoms with Crippen molar-refractivity contribution in [3.63, 3.8) is 0 Å². The number of carbonyl (C=O) groups excluding carboxylic acids is 1. The molecule has 0 atom stereocenters. The van der Waals surface area contributed by atoms with Gasteiger partial charge in [-0.2, -0.15) is 0 Å². The van der Waals surface area contributed by atoms with Crippen LogP contribution in [0.3, 0.4) is 0 Å². The van der Waals surface area contributed by atoms with E-state index >= 15 is 0 Å². The van der Waals surface area contributed by atoms with Gasteiger partial charge in [-0.05, 0) is 6.07 Å². The van der Waals surface area contributed by atoms with Crippen LogP contribution in [-0.2, 0) is 11.3 Å². The molecule has 0 saturated heterocycles. The van der Waals surface area contributed by atoms with Crippen LogP contribution in [0.5, 0.6) is 5.75 Å². The molecular weight excluding hydrogens is 255 g/mol. The van der Waals surface area contributed by atoms with Gasteiger partial charge in [0, 0.05) is 6.54 Å². The average molecular weight is 265 g/mol. The number of esters is 1. The molecule has 18 heavy (non-hydrogen) atoms. The number of nitrogens with zero attached hydrogens (tertiary/aromatic N) is 1. The van der Waals surface area contributed by atoms with Crippen molar-refractivity contribution in [3.8, 4) is 5.75 Å². The molecule has 0 saturated carbocycles. The third kappa shape index (κ3) is 3.23. The molecule has 6 nitrogen and oxygen atoms in total. The lowest BCUT2D eigenvalue weighted by Crippen LogP contribution is -2.22. The van der Waals surface area contributed by atoms with Crippen LogP contribution in [0.25, 0.3) is 0 Å². The summed E-state index contributed by atoms with van der Waals surface area (Å²) in [7, 11) is 1.01. The number of nitrogens with two attached hydrogens (primary N) is 2. The minimum atomic E-state index is -4.98. The minimum absolute atomic E-state index is 0.162. The van der Waals surface area contributed by atoms with E-state index in [1.807, 2.05) is 0 Å². The molecule has 100 valence electrons. The highest BCUT2D eigenvalue weighted by Gasteiger charge is 2.35. The average Bonchev–Trinajstić information content (AvgIpc) is 2.28. The zero-order valence-corrected chi connectivity index (χ0v) is 9.25. The van der Waals surface area contributed by atoms with Crippen molar-refractivity contribution in [2.45, 2.75) is 12.9 Å². The second kappa shape index (κ2) is 5.08. The standard InChI is InChI=1S/C9H10F3N3O3/c1-17-8(16)4-2-6(14)15-5(3-13)7(4)18-9(10,11)12/h2H,3,13H2,1H3,(H2,14,15). The molecule has 1 rings (SSSR count). The second-order valence-electron chi connectivity index (χ2n) is 3.11. The quantitative estimate of drug-likeness (QED) is 0.784. The van der Waals surface area contributed by atoms with Gasteiger partial charge in [-0.15, -0.1) is 13.2 Å². The van der Waals surface area contributed by atoms with Crippen LogP contribution in [0.4, 0.5) is 19.0 Å². The van der Waals surface area contributed by atoms with Gasteiger partial charge in [0.25, 0.3) is 0 Å². The molecule has 4 N–H and O–H groups in total. The third-order valence-corrected chi connectivity index (χ3v) is 1.88. The first-order valence-corrected chi connectivity index (χ1v) is 4.62. The lowest BCUT2D eigenvalue weighted by atomic mass is 10.2. The summed E-state index contributed by atoms with van der Waals surface area (Å²) >= 11 is 0. The Morgan fingerprint density at radius 2 is 2.11 bits per heavy atom. The third-order valence-electron chi connectivity index (χ3n) is 1.88. The van der Waals surface area contributed by atoms with Gasteiger partial charge in [0.1, 0.15) is 11.4 Å². The SMILES string of the molecule is COC(=O)c1cc(N)nc(CN)c1OC(F)(F)F. The van der Waals surface area contributed by atoms with Gasteiger partial charge in [-0.1, -0.05) is 0 Å². The van der Waals surface area contributed by atoms with Crippen LogP contribution in [0.2, 0.25) is 0 Å². The first kappa shape index (κ1) is 14.0. The Kier molecular flexibility index (Phi) is 3.96. The number of halogens is 3. The number of hydrogen-bond acceptors (Lipinski definition) is 6. The van der Waals surface area contributed by atoms with Gasteiger partial charge in [0.15, 0.2) is 5.75 Å². The van der Waals surface area contributed by atoms with E-state index < -0.39 is 23.6 Å². The number of ether oxygens (including phenoxy) is 2. The number of hydrogen-bond donors (Lipinski definition) is 2. The fourth-order valence-corrected chi connectivity index (χ4v) is 1.24. The smallest absolute Gasteiger partial charge is 0.465 e. The Labute approximate surface area is 99.7 Å². The maximum atomic E-state index is 12.2. The zero-order chi connectivity index (χ0) is 13.9. The highest BCUT2D eigenvalue weighted by molar-refractivity contribution is 5.93. The molecule has 0 aliphatic carbocycles. The molecule has 0 bridgehead atoms. The van der Waals surface area contributed by atoms with E-state index in [4.69, 9.17) is 11.5 Å². The van der Waals surface area contributed by atoms with Crippen molar-refractivity contribution in [2.24, 2.45) is 5.73 Å². The summed E-state index contributed by atoms with van der Waals surface area (Å²) in [6.45, 7) is -0.375. The van der Waals surface area contributed by atoms with Crippen LogP contribution in [0.15, 0.2) is 6.07 Å². The van der Waals surface area contributed by atoms with Gasteiger partial charge in [-0.25, -0.2) is 9.78 Å². The predicted molar refractivity (Wildman–Crippen MR) is 54.6 cm³/mol. The summed E-state index contributed by atoms with van der Waals surface area (Å²) < 4.78 is 44.8. The van der Waals surface area contributed by atoms with Crippen molar-refractivity contribution in [3.05, 3.63) is 17.3 Å². The van der Waals surface area contributed by atoms with Crippen LogP contribution >= 0.6 is 0 Å². The van der Waals surface area contributed by atoms with Crippen LogP contribution in [0.1, 0.15) is 16.1 Å². The number of anilines is 1. The van der Waals surface area contributed by atoms with Gasteiger partial charge in [-0.3, -0.25) is 0 Å². The summed E-state index contributed by atoms with van der Waals surface area (Å²) in [6.07, 6.45) is -4.98. The number of rotatable bonds is 3. The zero-order valence-electron chi connectivity index (χ0n) is 9.25. The molecular formula is C9H10F3N3O3. The molecule has 1 aromatic rings. The highest BCUT2D eigenvalue weighted by atomic mass is 19.4. The lowest BCUT2D eigenvalue weighted by molar-refractivity contribution is -0.275. The second-order valence-corrected chi connectivity index (χ2v) is 3.11. The van der Waals surface area contributed by atoms with Crippen molar-refractivity contribution < 1.29 is 27.4 Å². The molecule has 0 spiro atoms. The Bertz CT molecular complexity index is 462. The van der Waals surface area contributed by atoms with Crippen molar-refractivity contribution >= 4 is 11.8 Å². The first-order chi connectivity index (χ1) is 8.28. The van der Waals surface area contributed by atoms with E-state index in [1.165, 1.54) is 0 Å². The van der Waals surface area contributed by atoms with Crippen molar-refractivity contribution in [2.75, 3.05) is 12.8 Å². The molecule has 0 aromatic carbocycles. The largest absolute Gasteiger partial charge is 0.573 e. The summed E-state index contributed by atoms with van der Waals surface area (Å²) in [5, 5.41) is 0. The van der Waals surface area contributed by atoms with Gasteiger partial charge >= 0.3 is 12.3 Å². The topological polar surface area (TPSA) is 100 Å². The molecule has 0 fully saturated rings. The number of pyridine rings is 1. The van der Waals surface area contributed by atoms with E-state index in [-0.39, 0.29) is 18.1 Å². The Morgan fingerprint density at radius 1 is 1.50 bits per heavy atom. The molecule has 0 radical (unpaired) electrons. The predicted octanol–water partition coefficient (Wildman–Crippen LogP) is 0.808. The van der Waals surface area contributed by atoms with Crippen molar-refractivity contribution in [1.82, 2.24) is 4.98 Å². The molecule has 1 heterocycles. The van der Waals surface area contributed by atoms with Gasteiger partial charge < -0.3 is 20.9 Å². The maximum Gasteiger partial charge on any atom is 0.573 e. The monoisotopic (exact) mass is 265 g/mol. The van der Waals surface area contributed by atoms with E-state index in [2.05, 4.69) is 14.5 Å². The van der Waals surface area contributed by atoms with E-state index in [1.54, 1.807) is 0 Å². The number of methoxy groups -OCH3 is 1. The normalized spacial score (nSPS) is 11.2. The van der Waals surface area contributed by atoms with E-state index in [0.29, 0.717) is 0 Å². The number of nitrogen functional groups attached to an aromatic ring is 1. The highest BCUT2D eigenvalue weighted by Crippen LogP contribution is 2.30. The van der Waals surface area contributed by atoms with Gasteiger partial charge in [0.2, 0.25) is 0 Å². The van der Waals surface area contributed by atoms with E-state index in [0.717, 1.165) is 13.2 Å². The molecule has 0 amide bonds. The number of carbonyl (C=O) groups is 1. The fourth-order valence-electron chi connectivity index (χ4n) is 1.24. The number of alkyl halides is 3. The van der Waals surface area contributed by atoms with Crippen LogP contribution in [0, 0.1) is 0 Å². The summed E-state index contributed by atoms with van der Waals surface area (Å²) in [6, 6.07) is 0.923. The summed E-state index contributed by atoms with van der Waals surface area (Å²) in [4.78, 5) is 14.9. The molecule has 9 heteroatoms. The lowest BCUT2D eigenvalue weighted by Gasteiger charge is -2.15. The van der Waals surface area contributed by atoms with E-state index in [9.17, 15) is 18.0 Å². The Hall–Kier alpha value is -2.03. The molecule has 0 aliphatic rings. The molecule has 1 aromatic heterocycles. The number of aromatic nitrogens is 1. The fraction of sp³-hybridized carbons (Fsp3) is 0.333. The van der Waals surface area contributed by atoms with Crippen LogP contribution in [-0.4, -0.2) is 24.4 Å². The Balaban J connectivity index is 3.38. The van der Waals surface area contributed by atoms with Gasteiger partial charge in [0.05, 0.1) is 12.8 Å². The summed E-state index contributed by atoms with van der Waals surface area (Å²) in [5.41, 5.74) is 9.81. The maximum absolute atomic E-state index is 12.2. The Morgan fingerprint density at radius 3 is 2.56 bits per heavy atom. The summed E-state index contributed by atoms with van der Waals surface area (Å²) in [5.74, 6) is -1.99. The molecule has 0 aliphatic heterocycles.